The summed E-state index contributed by atoms with van der Waals surface area (Å²) in [6.07, 6.45) is 6.83. The van der Waals surface area contributed by atoms with Crippen LogP contribution in [0.1, 0.15) is 34.1 Å². The normalized spacial score (nSPS) is 27.0. The quantitative estimate of drug-likeness (QED) is 0.546. The maximum atomic E-state index is 6.85. The van der Waals surface area contributed by atoms with Crippen molar-refractivity contribution < 1.29 is 4.74 Å². The fraction of sp³-hybridized carbons (Fsp3) is 0.120. The highest BCUT2D eigenvalue weighted by Gasteiger charge is 2.59. The van der Waals surface area contributed by atoms with Gasteiger partial charge in [-0.15, -0.1) is 0 Å². The van der Waals surface area contributed by atoms with Crippen molar-refractivity contribution in [1.82, 2.24) is 0 Å². The van der Waals surface area contributed by atoms with E-state index in [0.29, 0.717) is 5.92 Å². The highest BCUT2D eigenvalue weighted by molar-refractivity contribution is 5.86. The molecule has 0 aromatic heterocycles. The van der Waals surface area contributed by atoms with Crippen LogP contribution in [0.25, 0.3) is 5.57 Å². The SMILES string of the molecule is C1=C[C@@H]2c3ccccc3[C@@]3(Oc4ccccc4C3=C1)[C@@H]2c1ccccc1. The van der Waals surface area contributed by atoms with Crippen molar-refractivity contribution >= 4 is 5.57 Å². The van der Waals surface area contributed by atoms with E-state index >= 15 is 0 Å². The largest absolute Gasteiger partial charge is 0.476 e. The zero-order valence-electron chi connectivity index (χ0n) is 14.3. The Balaban J connectivity index is 1.71. The molecule has 1 nitrogen and oxygen atoms in total. The molecule has 0 unspecified atom stereocenters. The second-order valence-corrected chi connectivity index (χ2v) is 7.30. The number of fused-ring (bicyclic) bond motifs is 5. The Morgan fingerprint density at radius 3 is 2.46 bits per heavy atom. The lowest BCUT2D eigenvalue weighted by molar-refractivity contribution is 0.122. The molecule has 2 bridgehead atoms. The van der Waals surface area contributed by atoms with Crippen LogP contribution in [0, 0.1) is 0 Å². The topological polar surface area (TPSA) is 9.23 Å². The Morgan fingerprint density at radius 2 is 1.54 bits per heavy atom. The molecule has 0 saturated carbocycles. The van der Waals surface area contributed by atoms with Gasteiger partial charge in [0.1, 0.15) is 5.75 Å². The summed E-state index contributed by atoms with van der Waals surface area (Å²) in [6, 6.07) is 28.1. The van der Waals surface area contributed by atoms with E-state index in [2.05, 4.69) is 97.1 Å². The summed E-state index contributed by atoms with van der Waals surface area (Å²) in [4.78, 5) is 0. The third-order valence-corrected chi connectivity index (χ3v) is 6.11. The molecular weight excluding hydrogens is 316 g/mol. The second-order valence-electron chi connectivity index (χ2n) is 7.30. The summed E-state index contributed by atoms with van der Waals surface area (Å²) in [6.45, 7) is 0. The predicted octanol–water partition coefficient (Wildman–Crippen LogP) is 5.81. The highest BCUT2D eigenvalue weighted by Crippen LogP contribution is 2.66. The highest BCUT2D eigenvalue weighted by atomic mass is 16.5. The van der Waals surface area contributed by atoms with Crippen molar-refractivity contribution in [3.05, 3.63) is 119 Å². The molecule has 1 spiro atoms. The molecule has 0 N–H and O–H groups in total. The van der Waals surface area contributed by atoms with Crippen molar-refractivity contribution in [2.75, 3.05) is 0 Å². The van der Waals surface area contributed by atoms with Gasteiger partial charge in [-0.2, -0.15) is 0 Å². The van der Waals surface area contributed by atoms with E-state index in [4.69, 9.17) is 4.74 Å². The molecule has 0 saturated heterocycles. The molecule has 124 valence electrons. The summed E-state index contributed by atoms with van der Waals surface area (Å²) in [5.74, 6) is 1.54. The summed E-state index contributed by atoms with van der Waals surface area (Å²) in [5.41, 5.74) is 6.08. The molecule has 0 amide bonds. The van der Waals surface area contributed by atoms with Gasteiger partial charge in [0.2, 0.25) is 0 Å². The summed E-state index contributed by atoms with van der Waals surface area (Å²) in [7, 11) is 0. The molecule has 0 radical (unpaired) electrons. The number of hydrogen-bond acceptors (Lipinski definition) is 1. The summed E-state index contributed by atoms with van der Waals surface area (Å²) >= 11 is 0. The van der Waals surface area contributed by atoms with Gasteiger partial charge in [-0.25, -0.2) is 0 Å². The summed E-state index contributed by atoms with van der Waals surface area (Å²) in [5, 5.41) is 0. The van der Waals surface area contributed by atoms with Crippen molar-refractivity contribution in [2.24, 2.45) is 0 Å². The Morgan fingerprint density at radius 1 is 0.769 bits per heavy atom. The van der Waals surface area contributed by atoms with E-state index in [1.165, 1.54) is 27.8 Å². The van der Waals surface area contributed by atoms with Gasteiger partial charge in [-0.05, 0) is 17.2 Å². The molecule has 3 aromatic rings. The van der Waals surface area contributed by atoms with E-state index in [1.807, 2.05) is 0 Å². The first-order valence-corrected chi connectivity index (χ1v) is 9.21. The van der Waals surface area contributed by atoms with Gasteiger partial charge >= 0.3 is 0 Å². The Hall–Kier alpha value is -3.06. The van der Waals surface area contributed by atoms with Crippen LogP contribution in [0.15, 0.2) is 97.1 Å². The smallest absolute Gasteiger partial charge is 0.168 e. The van der Waals surface area contributed by atoms with Crippen LogP contribution < -0.4 is 4.74 Å². The predicted molar refractivity (Wildman–Crippen MR) is 104 cm³/mol. The van der Waals surface area contributed by atoms with Crippen LogP contribution in [0.4, 0.5) is 0 Å². The van der Waals surface area contributed by atoms with Gasteiger partial charge < -0.3 is 4.74 Å². The maximum Gasteiger partial charge on any atom is 0.168 e. The lowest BCUT2D eigenvalue weighted by atomic mass is 9.74. The van der Waals surface area contributed by atoms with Crippen LogP contribution in [-0.4, -0.2) is 0 Å². The van der Waals surface area contributed by atoms with Gasteiger partial charge in [-0.3, -0.25) is 0 Å². The first kappa shape index (κ1) is 14.1. The van der Waals surface area contributed by atoms with Crippen LogP contribution >= 0.6 is 0 Å². The van der Waals surface area contributed by atoms with E-state index in [0.717, 1.165) is 5.75 Å². The first-order valence-electron chi connectivity index (χ1n) is 9.21. The molecular formula is C25H18O. The third-order valence-electron chi connectivity index (χ3n) is 6.11. The minimum absolute atomic E-state index is 0.235. The number of hydrogen-bond donors (Lipinski definition) is 0. The van der Waals surface area contributed by atoms with Gasteiger partial charge in [0, 0.05) is 28.5 Å². The number of rotatable bonds is 1. The minimum atomic E-state index is -0.449. The standard InChI is InChI=1S/C25H18O/c1-2-9-17(10-3-1)24-19-13-8-15-22-20-12-5-7-16-23(20)26-25(22,24)21-14-6-4-11-18(19)21/h1-16,19,24H/t19-,24-,25+/m1/s1. The molecule has 3 aromatic carbocycles. The maximum absolute atomic E-state index is 6.85. The minimum Gasteiger partial charge on any atom is -0.476 e. The number of para-hydroxylation sites is 1. The summed E-state index contributed by atoms with van der Waals surface area (Å²) < 4.78 is 6.85. The van der Waals surface area contributed by atoms with E-state index in [-0.39, 0.29) is 5.92 Å². The average molecular weight is 334 g/mol. The average Bonchev–Trinajstić information content (AvgIpc) is 3.08. The molecule has 26 heavy (non-hydrogen) atoms. The van der Waals surface area contributed by atoms with Crippen LogP contribution in [0.2, 0.25) is 0 Å². The fourth-order valence-electron chi connectivity index (χ4n) is 5.17. The molecule has 1 heteroatoms. The fourth-order valence-corrected chi connectivity index (χ4v) is 5.17. The van der Waals surface area contributed by atoms with Crippen molar-refractivity contribution in [2.45, 2.75) is 17.4 Å². The zero-order chi connectivity index (χ0) is 17.1. The lowest BCUT2D eigenvalue weighted by Crippen LogP contribution is -2.34. The lowest BCUT2D eigenvalue weighted by Gasteiger charge is -2.34. The van der Waals surface area contributed by atoms with E-state index < -0.39 is 5.60 Å². The number of ether oxygens (including phenoxy) is 1. The monoisotopic (exact) mass is 334 g/mol. The zero-order valence-corrected chi connectivity index (χ0v) is 14.3. The van der Waals surface area contributed by atoms with Crippen LogP contribution in [0.5, 0.6) is 5.75 Å². The van der Waals surface area contributed by atoms with Crippen molar-refractivity contribution in [3.8, 4) is 5.75 Å². The Bertz CT molecular complexity index is 1080. The third kappa shape index (κ3) is 1.61. The van der Waals surface area contributed by atoms with E-state index in [9.17, 15) is 0 Å². The molecule has 3 atom stereocenters. The Labute approximate surface area is 153 Å². The van der Waals surface area contributed by atoms with Crippen LogP contribution in [0.3, 0.4) is 0 Å². The second kappa shape index (κ2) is 4.98. The molecule has 3 aliphatic rings. The van der Waals surface area contributed by atoms with Crippen LogP contribution in [-0.2, 0) is 5.60 Å². The van der Waals surface area contributed by atoms with Gasteiger partial charge in [-0.1, -0.05) is 91.0 Å². The molecule has 2 aliphatic carbocycles. The van der Waals surface area contributed by atoms with Crippen molar-refractivity contribution in [3.63, 3.8) is 0 Å². The van der Waals surface area contributed by atoms with Gasteiger partial charge in [0.05, 0.1) is 0 Å². The number of benzene rings is 3. The van der Waals surface area contributed by atoms with Gasteiger partial charge in [0.15, 0.2) is 5.60 Å². The van der Waals surface area contributed by atoms with Gasteiger partial charge in [0.25, 0.3) is 0 Å². The molecule has 0 fully saturated rings. The number of allylic oxidation sites excluding steroid dienone is 3. The molecule has 1 aliphatic heterocycles. The first-order chi connectivity index (χ1) is 12.9. The van der Waals surface area contributed by atoms with Crippen molar-refractivity contribution in [1.29, 1.82) is 0 Å². The molecule has 6 rings (SSSR count). The Kier molecular flexibility index (Phi) is 2.71. The van der Waals surface area contributed by atoms with E-state index in [1.54, 1.807) is 0 Å². The molecule has 1 heterocycles.